The van der Waals surface area contributed by atoms with Crippen LogP contribution in [0.3, 0.4) is 0 Å². The highest BCUT2D eigenvalue weighted by atomic mass is 32.1. The van der Waals surface area contributed by atoms with Crippen LogP contribution < -0.4 is 10.2 Å². The van der Waals surface area contributed by atoms with Crippen molar-refractivity contribution in [3.63, 3.8) is 0 Å². The fourth-order valence-corrected chi connectivity index (χ4v) is 5.64. The second kappa shape index (κ2) is 8.09. The maximum atomic E-state index is 12.9. The molecule has 0 radical (unpaired) electrons. The van der Waals surface area contributed by atoms with Gasteiger partial charge < -0.3 is 19.2 Å². The van der Waals surface area contributed by atoms with E-state index in [4.69, 9.17) is 9.57 Å². The molecule has 0 saturated heterocycles. The van der Waals surface area contributed by atoms with E-state index >= 15 is 0 Å². The first-order valence-corrected chi connectivity index (χ1v) is 11.7. The normalized spacial score (nSPS) is 16.9. The van der Waals surface area contributed by atoms with E-state index in [1.165, 1.54) is 11.1 Å². The van der Waals surface area contributed by atoms with Gasteiger partial charge in [0.2, 0.25) is 5.43 Å². The summed E-state index contributed by atoms with van der Waals surface area (Å²) in [5, 5.41) is 14.2. The minimum absolute atomic E-state index is 0.182. The van der Waals surface area contributed by atoms with E-state index in [1.807, 2.05) is 17.6 Å². The molecule has 2 aromatic heterocycles. The average Bonchev–Trinajstić information content (AvgIpc) is 3.54. The molecule has 0 bridgehead atoms. The quantitative estimate of drug-likeness (QED) is 0.540. The number of oxime groups is 1. The number of hydrogen-bond acceptors (Lipinski definition) is 6. The van der Waals surface area contributed by atoms with Crippen LogP contribution in [-0.4, -0.2) is 35.1 Å². The summed E-state index contributed by atoms with van der Waals surface area (Å²) in [6, 6.07) is 5.91. The molecule has 0 amide bonds. The molecule has 2 aliphatic carbocycles. The number of aromatic carboxylic acids is 1. The van der Waals surface area contributed by atoms with E-state index < -0.39 is 11.4 Å². The number of methoxy groups -OCH3 is 1. The Morgan fingerprint density at radius 2 is 2.09 bits per heavy atom. The summed E-state index contributed by atoms with van der Waals surface area (Å²) in [7, 11) is 1.60. The van der Waals surface area contributed by atoms with Crippen LogP contribution >= 0.6 is 11.3 Å². The predicted molar refractivity (Wildman–Crippen MR) is 124 cm³/mol. The Hall–Kier alpha value is -3.13. The topological polar surface area (TPSA) is 90.1 Å². The zero-order chi connectivity index (χ0) is 22.4. The third-order valence-corrected chi connectivity index (χ3v) is 7.26. The van der Waals surface area contributed by atoms with Crippen LogP contribution in [-0.2, 0) is 11.3 Å². The second-order valence-electron chi connectivity index (χ2n) is 8.11. The molecule has 1 saturated carbocycles. The molecule has 0 atom stereocenters. The van der Waals surface area contributed by atoms with Crippen LogP contribution in [0.25, 0.3) is 21.3 Å². The summed E-state index contributed by atoms with van der Waals surface area (Å²) in [6.45, 7) is 2.45. The van der Waals surface area contributed by atoms with Crippen LogP contribution in [0, 0.1) is 0 Å². The van der Waals surface area contributed by atoms with Gasteiger partial charge >= 0.3 is 5.97 Å². The first kappa shape index (κ1) is 20.8. The van der Waals surface area contributed by atoms with Crippen LogP contribution in [0.2, 0.25) is 0 Å². The SMILES string of the molecule is CCO/N=C1/CCCc2sc(-c3ccc4c(=O)c(C(=O)O)cn(C5CC5)c4c3OC)cc21. The number of hydrogen-bond donors (Lipinski definition) is 1. The lowest BCUT2D eigenvalue weighted by Crippen LogP contribution is -2.19. The van der Waals surface area contributed by atoms with Crippen molar-refractivity contribution in [2.45, 2.75) is 45.1 Å². The molecule has 2 aliphatic rings. The number of benzene rings is 1. The van der Waals surface area contributed by atoms with Gasteiger partial charge in [-0.1, -0.05) is 5.16 Å². The van der Waals surface area contributed by atoms with Crippen LogP contribution in [0.5, 0.6) is 5.75 Å². The van der Waals surface area contributed by atoms with E-state index in [0.717, 1.165) is 53.8 Å². The summed E-state index contributed by atoms with van der Waals surface area (Å²) < 4.78 is 7.77. The van der Waals surface area contributed by atoms with E-state index in [1.54, 1.807) is 24.5 Å². The number of fused-ring (bicyclic) bond motifs is 2. The van der Waals surface area contributed by atoms with Gasteiger partial charge in [-0.15, -0.1) is 11.3 Å². The first-order chi connectivity index (χ1) is 15.5. The molecule has 0 unspecified atom stereocenters. The number of carboxylic acid groups (broad SMARTS) is 1. The predicted octanol–water partition coefficient (Wildman–Crippen LogP) is 4.85. The highest BCUT2D eigenvalue weighted by Crippen LogP contribution is 2.45. The molecule has 166 valence electrons. The Kier molecular flexibility index (Phi) is 5.25. The maximum absolute atomic E-state index is 12.9. The Morgan fingerprint density at radius 3 is 2.78 bits per heavy atom. The molecular weight excluding hydrogens is 428 g/mol. The van der Waals surface area contributed by atoms with Crippen molar-refractivity contribution < 1.29 is 19.5 Å². The molecule has 1 aromatic carbocycles. The molecule has 7 nitrogen and oxygen atoms in total. The molecule has 1 N–H and O–H groups in total. The monoisotopic (exact) mass is 452 g/mol. The Bertz CT molecular complexity index is 1320. The van der Waals surface area contributed by atoms with Gasteiger partial charge in [-0.3, -0.25) is 4.79 Å². The Labute approximate surface area is 188 Å². The largest absolute Gasteiger partial charge is 0.494 e. The number of carboxylic acids is 1. The number of carbonyl (C=O) groups is 1. The zero-order valence-electron chi connectivity index (χ0n) is 18.0. The molecular formula is C24H24N2O5S. The molecule has 1 fully saturated rings. The van der Waals surface area contributed by atoms with E-state index in [9.17, 15) is 14.7 Å². The number of pyridine rings is 1. The van der Waals surface area contributed by atoms with E-state index in [-0.39, 0.29) is 11.6 Å². The molecule has 32 heavy (non-hydrogen) atoms. The fourth-order valence-electron chi connectivity index (χ4n) is 4.39. The van der Waals surface area contributed by atoms with Crippen molar-refractivity contribution in [1.29, 1.82) is 0 Å². The lowest BCUT2D eigenvalue weighted by atomic mass is 9.96. The van der Waals surface area contributed by atoms with Gasteiger partial charge in [-0.05, 0) is 57.2 Å². The van der Waals surface area contributed by atoms with Crippen LogP contribution in [0.15, 0.2) is 34.3 Å². The summed E-state index contributed by atoms with van der Waals surface area (Å²) in [5.74, 6) is -0.605. The molecule has 0 spiro atoms. The number of thiophene rings is 1. The Morgan fingerprint density at radius 1 is 1.28 bits per heavy atom. The minimum atomic E-state index is -1.21. The number of nitrogens with zero attached hydrogens (tertiary/aromatic N) is 2. The molecule has 5 rings (SSSR count). The van der Waals surface area contributed by atoms with E-state index in [2.05, 4.69) is 11.2 Å². The molecule has 0 aliphatic heterocycles. The fraction of sp³-hybridized carbons (Fsp3) is 0.375. The van der Waals surface area contributed by atoms with Crippen molar-refractivity contribution in [2.75, 3.05) is 13.7 Å². The lowest BCUT2D eigenvalue weighted by molar-refractivity contribution is 0.0695. The van der Waals surface area contributed by atoms with Crippen LogP contribution in [0.1, 0.15) is 59.4 Å². The second-order valence-corrected chi connectivity index (χ2v) is 9.25. The van der Waals surface area contributed by atoms with Crippen molar-refractivity contribution in [1.82, 2.24) is 4.57 Å². The summed E-state index contributed by atoms with van der Waals surface area (Å²) in [5.41, 5.74) is 2.96. The van der Waals surface area contributed by atoms with Crippen molar-refractivity contribution in [3.05, 3.63) is 50.6 Å². The van der Waals surface area contributed by atoms with Gasteiger partial charge in [0, 0.05) is 33.1 Å². The minimum Gasteiger partial charge on any atom is -0.494 e. The number of ether oxygens (including phenoxy) is 1. The van der Waals surface area contributed by atoms with Gasteiger partial charge in [0.1, 0.15) is 12.2 Å². The molecule has 3 aromatic rings. The van der Waals surface area contributed by atoms with Crippen molar-refractivity contribution in [2.24, 2.45) is 5.16 Å². The summed E-state index contributed by atoms with van der Waals surface area (Å²) in [6.07, 6.45) is 6.30. The van der Waals surface area contributed by atoms with Crippen molar-refractivity contribution in [3.8, 4) is 16.2 Å². The first-order valence-electron chi connectivity index (χ1n) is 10.8. The zero-order valence-corrected chi connectivity index (χ0v) is 18.8. The highest BCUT2D eigenvalue weighted by Gasteiger charge is 2.30. The Balaban J connectivity index is 1.72. The van der Waals surface area contributed by atoms with Crippen molar-refractivity contribution >= 4 is 33.9 Å². The summed E-state index contributed by atoms with van der Waals surface area (Å²) in [4.78, 5) is 32.2. The standard InChI is InChI=1S/C24H24N2O5S/c1-3-31-25-18-5-4-6-19-16(18)11-20(32-19)14-9-10-15-21(23(14)30-2)26(13-7-8-13)12-17(22(15)27)24(28)29/h9-13H,3-8H2,1-2H3,(H,28,29)/b25-18-. The maximum Gasteiger partial charge on any atom is 0.341 e. The average molecular weight is 453 g/mol. The lowest BCUT2D eigenvalue weighted by Gasteiger charge is -2.17. The van der Waals surface area contributed by atoms with Gasteiger partial charge in [0.25, 0.3) is 0 Å². The number of aromatic nitrogens is 1. The van der Waals surface area contributed by atoms with Gasteiger partial charge in [0.05, 0.1) is 23.7 Å². The third-order valence-electron chi connectivity index (χ3n) is 6.03. The van der Waals surface area contributed by atoms with Gasteiger partial charge in [-0.2, -0.15) is 0 Å². The smallest absolute Gasteiger partial charge is 0.341 e. The summed E-state index contributed by atoms with van der Waals surface area (Å²) >= 11 is 1.71. The van der Waals surface area contributed by atoms with Crippen LogP contribution in [0.4, 0.5) is 0 Å². The van der Waals surface area contributed by atoms with Gasteiger partial charge in [-0.25, -0.2) is 4.79 Å². The molecule has 8 heteroatoms. The number of aryl methyl sites for hydroxylation is 1. The number of rotatable bonds is 6. The van der Waals surface area contributed by atoms with E-state index in [0.29, 0.717) is 23.3 Å². The molecule has 2 heterocycles. The third kappa shape index (κ3) is 3.39. The van der Waals surface area contributed by atoms with Gasteiger partial charge in [0.15, 0.2) is 5.75 Å². The highest BCUT2D eigenvalue weighted by molar-refractivity contribution is 7.16.